The summed E-state index contributed by atoms with van der Waals surface area (Å²) in [5.74, 6) is 0.739. The van der Waals surface area contributed by atoms with Gasteiger partial charge in [0.15, 0.2) is 0 Å². The molecule has 0 aliphatic carbocycles. The second kappa shape index (κ2) is 3.58. The van der Waals surface area contributed by atoms with Crippen LogP contribution in [0.1, 0.15) is 18.7 Å². The van der Waals surface area contributed by atoms with Gasteiger partial charge in [0, 0.05) is 11.0 Å². The van der Waals surface area contributed by atoms with E-state index in [2.05, 4.69) is 30.3 Å². The minimum Gasteiger partial charge on any atom is -0.475 e. The van der Waals surface area contributed by atoms with E-state index in [1.807, 2.05) is 18.2 Å². The Bertz CT molecular complexity index is 363. The summed E-state index contributed by atoms with van der Waals surface area (Å²) in [7, 11) is 0. The maximum absolute atomic E-state index is 5.43. The van der Waals surface area contributed by atoms with Crippen LogP contribution in [-0.4, -0.2) is 18.0 Å². The van der Waals surface area contributed by atoms with Crippen molar-refractivity contribution >= 4 is 23.3 Å². The lowest BCUT2D eigenvalue weighted by Gasteiger charge is -2.07. The third kappa shape index (κ3) is 2.23. The van der Waals surface area contributed by atoms with Gasteiger partial charge in [-0.15, -0.1) is 11.3 Å². The first kappa shape index (κ1) is 9.46. The summed E-state index contributed by atoms with van der Waals surface area (Å²) >= 11 is 1.71. The molecule has 1 aromatic rings. The van der Waals surface area contributed by atoms with Crippen molar-refractivity contribution in [2.75, 3.05) is 6.61 Å². The molecule has 74 valence electrons. The highest BCUT2D eigenvalue weighted by Crippen LogP contribution is 2.18. The van der Waals surface area contributed by atoms with Crippen molar-refractivity contribution < 1.29 is 4.74 Å². The summed E-state index contributed by atoms with van der Waals surface area (Å²) < 4.78 is 5.43. The van der Waals surface area contributed by atoms with E-state index in [0.717, 1.165) is 5.90 Å². The van der Waals surface area contributed by atoms with E-state index in [9.17, 15) is 0 Å². The second-order valence-electron chi connectivity index (χ2n) is 3.90. The Morgan fingerprint density at radius 1 is 1.50 bits per heavy atom. The number of rotatable bonds is 2. The minimum atomic E-state index is -0.0604. The van der Waals surface area contributed by atoms with Crippen LogP contribution in [0.5, 0.6) is 0 Å². The number of thiophene rings is 1. The molecule has 0 saturated carbocycles. The molecule has 0 bridgehead atoms. The van der Waals surface area contributed by atoms with Gasteiger partial charge in [0.25, 0.3) is 0 Å². The molecule has 0 radical (unpaired) electrons. The number of ether oxygens (including phenoxy) is 1. The molecule has 0 spiro atoms. The number of aliphatic imine (C=N–C) groups is 1. The molecule has 14 heavy (non-hydrogen) atoms. The Morgan fingerprint density at radius 3 is 2.93 bits per heavy atom. The predicted molar refractivity (Wildman–Crippen MR) is 60.8 cm³/mol. The average Bonchev–Trinajstić information content (AvgIpc) is 2.70. The first-order chi connectivity index (χ1) is 6.66. The Kier molecular flexibility index (Phi) is 2.42. The van der Waals surface area contributed by atoms with Crippen molar-refractivity contribution in [3.8, 4) is 0 Å². The van der Waals surface area contributed by atoms with Crippen LogP contribution in [0.3, 0.4) is 0 Å². The maximum Gasteiger partial charge on any atom is 0.209 e. The second-order valence-corrected chi connectivity index (χ2v) is 4.88. The topological polar surface area (TPSA) is 21.6 Å². The Hall–Kier alpha value is -1.09. The molecule has 0 saturated heterocycles. The summed E-state index contributed by atoms with van der Waals surface area (Å²) in [6.45, 7) is 4.81. The van der Waals surface area contributed by atoms with Gasteiger partial charge in [-0.05, 0) is 31.4 Å². The molecule has 2 heterocycles. The molecule has 1 aliphatic rings. The van der Waals surface area contributed by atoms with Gasteiger partial charge in [-0.3, -0.25) is 0 Å². The van der Waals surface area contributed by atoms with Crippen LogP contribution in [0, 0.1) is 0 Å². The molecule has 2 rings (SSSR count). The van der Waals surface area contributed by atoms with Crippen LogP contribution in [0.15, 0.2) is 28.6 Å². The van der Waals surface area contributed by atoms with Gasteiger partial charge in [-0.1, -0.05) is 6.07 Å². The lowest BCUT2D eigenvalue weighted by Crippen LogP contribution is -2.17. The monoisotopic (exact) mass is 207 g/mol. The van der Waals surface area contributed by atoms with Crippen molar-refractivity contribution in [3.05, 3.63) is 28.5 Å². The normalized spacial score (nSPS) is 19.7. The van der Waals surface area contributed by atoms with Gasteiger partial charge in [0.05, 0.1) is 5.54 Å². The Labute approximate surface area is 87.9 Å². The fraction of sp³-hybridized carbons (Fsp3) is 0.364. The zero-order valence-corrected chi connectivity index (χ0v) is 9.17. The summed E-state index contributed by atoms with van der Waals surface area (Å²) in [4.78, 5) is 5.66. The quantitative estimate of drug-likeness (QED) is 0.730. The van der Waals surface area contributed by atoms with E-state index >= 15 is 0 Å². The van der Waals surface area contributed by atoms with E-state index in [4.69, 9.17) is 4.74 Å². The van der Waals surface area contributed by atoms with E-state index in [-0.39, 0.29) is 5.54 Å². The van der Waals surface area contributed by atoms with Crippen LogP contribution in [-0.2, 0) is 4.74 Å². The van der Waals surface area contributed by atoms with Crippen molar-refractivity contribution in [3.63, 3.8) is 0 Å². The summed E-state index contributed by atoms with van der Waals surface area (Å²) in [6.07, 6.45) is 3.96. The van der Waals surface area contributed by atoms with Crippen LogP contribution in [0.25, 0.3) is 6.08 Å². The molecule has 0 amide bonds. The Morgan fingerprint density at radius 2 is 2.36 bits per heavy atom. The smallest absolute Gasteiger partial charge is 0.209 e. The molecule has 0 N–H and O–H groups in total. The number of hydrogen-bond donors (Lipinski definition) is 0. The molecule has 0 atom stereocenters. The fourth-order valence-electron chi connectivity index (χ4n) is 1.24. The molecule has 0 fully saturated rings. The molecule has 1 aliphatic heterocycles. The van der Waals surface area contributed by atoms with Gasteiger partial charge in [-0.2, -0.15) is 0 Å². The zero-order valence-electron chi connectivity index (χ0n) is 8.36. The average molecular weight is 207 g/mol. The summed E-state index contributed by atoms with van der Waals surface area (Å²) in [6, 6.07) is 4.10. The molecular formula is C11H13NOS. The van der Waals surface area contributed by atoms with Crippen molar-refractivity contribution in [1.82, 2.24) is 0 Å². The molecule has 0 unspecified atom stereocenters. The van der Waals surface area contributed by atoms with E-state index < -0.39 is 0 Å². The SMILES string of the molecule is CC1(C)COC(C=Cc2cccs2)=N1. The lowest BCUT2D eigenvalue weighted by atomic mass is 10.1. The maximum atomic E-state index is 5.43. The largest absolute Gasteiger partial charge is 0.475 e. The van der Waals surface area contributed by atoms with Crippen molar-refractivity contribution in [2.24, 2.45) is 4.99 Å². The highest BCUT2D eigenvalue weighted by molar-refractivity contribution is 7.10. The lowest BCUT2D eigenvalue weighted by molar-refractivity contribution is 0.280. The third-order valence-corrected chi connectivity index (χ3v) is 2.76. The van der Waals surface area contributed by atoms with E-state index in [1.54, 1.807) is 11.3 Å². The van der Waals surface area contributed by atoms with Crippen molar-refractivity contribution in [2.45, 2.75) is 19.4 Å². The molecule has 3 heteroatoms. The van der Waals surface area contributed by atoms with Gasteiger partial charge in [-0.25, -0.2) is 4.99 Å². The van der Waals surface area contributed by atoms with Crippen LogP contribution >= 0.6 is 11.3 Å². The van der Waals surface area contributed by atoms with E-state index in [0.29, 0.717) is 6.61 Å². The van der Waals surface area contributed by atoms with Crippen LogP contribution < -0.4 is 0 Å². The Balaban J connectivity index is 2.06. The van der Waals surface area contributed by atoms with Gasteiger partial charge < -0.3 is 4.74 Å². The zero-order chi connectivity index (χ0) is 10.0. The van der Waals surface area contributed by atoms with Gasteiger partial charge in [0.2, 0.25) is 5.90 Å². The van der Waals surface area contributed by atoms with Crippen LogP contribution in [0.4, 0.5) is 0 Å². The molecule has 1 aromatic heterocycles. The van der Waals surface area contributed by atoms with E-state index in [1.165, 1.54) is 4.88 Å². The number of nitrogens with zero attached hydrogens (tertiary/aromatic N) is 1. The van der Waals surface area contributed by atoms with Crippen molar-refractivity contribution in [1.29, 1.82) is 0 Å². The number of hydrogen-bond acceptors (Lipinski definition) is 3. The van der Waals surface area contributed by atoms with Gasteiger partial charge >= 0.3 is 0 Å². The minimum absolute atomic E-state index is 0.0604. The third-order valence-electron chi connectivity index (χ3n) is 1.92. The molecular weight excluding hydrogens is 194 g/mol. The first-order valence-corrected chi connectivity index (χ1v) is 5.48. The summed E-state index contributed by atoms with van der Waals surface area (Å²) in [5.41, 5.74) is -0.0604. The summed E-state index contributed by atoms with van der Waals surface area (Å²) in [5, 5.41) is 2.06. The fourth-order valence-corrected chi connectivity index (χ4v) is 1.86. The highest BCUT2D eigenvalue weighted by Gasteiger charge is 2.24. The standard InChI is InChI=1S/C11H13NOS/c1-11(2)8-13-10(12-11)6-5-9-4-3-7-14-9/h3-7H,8H2,1-2H3. The van der Waals surface area contributed by atoms with Gasteiger partial charge in [0.1, 0.15) is 6.61 Å². The molecule has 2 nitrogen and oxygen atoms in total. The first-order valence-electron chi connectivity index (χ1n) is 4.60. The highest BCUT2D eigenvalue weighted by atomic mass is 32.1. The van der Waals surface area contributed by atoms with Crippen LogP contribution in [0.2, 0.25) is 0 Å². The molecule has 0 aromatic carbocycles. The predicted octanol–water partition coefficient (Wildman–Crippen LogP) is 2.97.